The van der Waals surface area contributed by atoms with Crippen molar-refractivity contribution in [3.8, 4) is 11.5 Å². The molecule has 2 atom stereocenters. The van der Waals surface area contributed by atoms with Crippen LogP contribution in [0.3, 0.4) is 0 Å². The average molecular weight is 547 g/mol. The van der Waals surface area contributed by atoms with Crippen molar-refractivity contribution in [2.45, 2.75) is 36.6 Å². The lowest BCUT2D eigenvalue weighted by atomic mass is 9.99. The van der Waals surface area contributed by atoms with Crippen LogP contribution in [0.5, 0.6) is 11.5 Å². The molecule has 0 radical (unpaired) electrons. The summed E-state index contributed by atoms with van der Waals surface area (Å²) >= 11 is 0. The van der Waals surface area contributed by atoms with Crippen LogP contribution in [0, 0.1) is 0 Å². The van der Waals surface area contributed by atoms with Gasteiger partial charge in [0.2, 0.25) is 5.91 Å². The number of carbonyl (C=O) groups excluding carboxylic acids is 1. The zero-order valence-corrected chi connectivity index (χ0v) is 23.1. The average Bonchev–Trinajstić information content (AvgIpc) is 3.47. The van der Waals surface area contributed by atoms with E-state index in [1.807, 2.05) is 18.2 Å². The predicted molar refractivity (Wildman–Crippen MR) is 144 cm³/mol. The number of carbonyl (C=O) groups is 1. The summed E-state index contributed by atoms with van der Waals surface area (Å²) in [5, 5.41) is 4.69. The Bertz CT molecular complexity index is 1180. The third-order valence-electron chi connectivity index (χ3n) is 7.16. The molecule has 11 heteroatoms. The van der Waals surface area contributed by atoms with Crippen molar-refractivity contribution in [3.05, 3.63) is 53.6 Å². The minimum atomic E-state index is -4.02. The van der Waals surface area contributed by atoms with Gasteiger partial charge in [-0.2, -0.15) is 0 Å². The molecule has 1 amide bonds. The van der Waals surface area contributed by atoms with Crippen LogP contribution in [0.15, 0.2) is 47.4 Å². The number of benzene rings is 2. The summed E-state index contributed by atoms with van der Waals surface area (Å²) in [6, 6.07) is 13.2. The molecule has 2 saturated heterocycles. The number of ether oxygens (including phenoxy) is 3. The van der Waals surface area contributed by atoms with Crippen molar-refractivity contribution in [2.24, 2.45) is 0 Å². The normalized spacial score (nSPS) is 18.6. The van der Waals surface area contributed by atoms with E-state index in [4.69, 9.17) is 14.2 Å². The largest absolute Gasteiger partial charge is 0.493 e. The summed E-state index contributed by atoms with van der Waals surface area (Å²) in [6.07, 6.45) is 2.27. The molecule has 2 fully saturated rings. The topological polar surface area (TPSA) is 109 Å². The zero-order valence-electron chi connectivity index (χ0n) is 22.3. The van der Waals surface area contributed by atoms with E-state index in [0.717, 1.165) is 31.5 Å². The highest BCUT2D eigenvalue weighted by atomic mass is 32.2. The number of hydrogen-bond donors (Lipinski definition) is 2. The Balaban J connectivity index is 1.58. The van der Waals surface area contributed by atoms with Gasteiger partial charge in [0.05, 0.1) is 44.3 Å². The molecule has 2 aromatic carbocycles. The molecule has 2 aromatic rings. The van der Waals surface area contributed by atoms with Crippen LogP contribution in [0.1, 0.15) is 42.9 Å². The molecule has 2 N–H and O–H groups in total. The van der Waals surface area contributed by atoms with Gasteiger partial charge in [-0.3, -0.25) is 9.69 Å². The quantitative estimate of drug-likeness (QED) is 0.442. The number of amides is 1. The summed E-state index contributed by atoms with van der Waals surface area (Å²) in [6.45, 7) is 5.81. The maximum atomic E-state index is 13.5. The zero-order chi connectivity index (χ0) is 27.1. The van der Waals surface area contributed by atoms with E-state index in [0.29, 0.717) is 44.2 Å². The van der Waals surface area contributed by atoms with Crippen molar-refractivity contribution in [1.82, 2.24) is 20.1 Å². The van der Waals surface area contributed by atoms with E-state index < -0.39 is 15.9 Å². The Labute approximate surface area is 225 Å². The van der Waals surface area contributed by atoms with E-state index in [9.17, 15) is 13.2 Å². The van der Waals surface area contributed by atoms with Crippen molar-refractivity contribution in [1.29, 1.82) is 0 Å². The van der Waals surface area contributed by atoms with Crippen LogP contribution < -0.4 is 19.6 Å². The highest BCUT2D eigenvalue weighted by Gasteiger charge is 2.31. The second kappa shape index (κ2) is 12.9. The number of hydrogen-bond acceptors (Lipinski definition) is 8. The van der Waals surface area contributed by atoms with Crippen LogP contribution in [0.2, 0.25) is 0 Å². The standard InChI is InChI=1S/C27H38N4O6S/c1-20(27(32)28-19-23(30-11-7-8-12-30)21-9-5-4-6-10-21)22-17-24(35-2)25(36-3)18-26(22)38(33,34)29-31-13-15-37-16-14-31/h4-6,9-10,17-18,20,23,29H,7-8,11-16,19H2,1-3H3,(H,28,32)/t20?,23-/m0/s1. The number of hydrazine groups is 1. The maximum Gasteiger partial charge on any atom is 0.253 e. The second-order valence-electron chi connectivity index (χ2n) is 9.58. The Kier molecular flexibility index (Phi) is 9.61. The fourth-order valence-corrected chi connectivity index (χ4v) is 6.43. The first-order chi connectivity index (χ1) is 18.3. The van der Waals surface area contributed by atoms with Gasteiger partial charge < -0.3 is 19.5 Å². The summed E-state index contributed by atoms with van der Waals surface area (Å²) < 4.78 is 43.2. The molecule has 0 aliphatic carbocycles. The number of morpholine rings is 1. The number of nitrogens with one attached hydrogen (secondary N) is 2. The summed E-state index contributed by atoms with van der Waals surface area (Å²) in [7, 11) is -1.09. The molecule has 10 nitrogen and oxygen atoms in total. The number of sulfonamides is 1. The highest BCUT2D eigenvalue weighted by Crippen LogP contribution is 2.36. The molecule has 0 saturated carbocycles. The minimum Gasteiger partial charge on any atom is -0.493 e. The van der Waals surface area contributed by atoms with Crippen LogP contribution in [0.25, 0.3) is 0 Å². The van der Waals surface area contributed by atoms with Gasteiger partial charge in [-0.15, -0.1) is 4.83 Å². The molecule has 0 aromatic heterocycles. The number of likely N-dealkylation sites (tertiary alicyclic amines) is 1. The lowest BCUT2D eigenvalue weighted by Gasteiger charge is -2.29. The fraction of sp³-hybridized carbons (Fsp3) is 0.519. The third-order valence-corrected chi connectivity index (χ3v) is 8.59. The molecule has 1 unspecified atom stereocenters. The van der Waals surface area contributed by atoms with E-state index in [-0.39, 0.29) is 22.6 Å². The van der Waals surface area contributed by atoms with Crippen LogP contribution in [-0.2, 0) is 19.6 Å². The Morgan fingerprint density at radius 2 is 1.63 bits per heavy atom. The van der Waals surface area contributed by atoms with Crippen LogP contribution >= 0.6 is 0 Å². The van der Waals surface area contributed by atoms with E-state index in [2.05, 4.69) is 27.2 Å². The molecular formula is C27H38N4O6S. The SMILES string of the molecule is COc1cc(C(C)C(=O)NC[C@@H](c2ccccc2)N2CCCC2)c(S(=O)(=O)NN2CCOCC2)cc1OC. The lowest BCUT2D eigenvalue weighted by Crippen LogP contribution is -2.48. The van der Waals surface area contributed by atoms with Crippen molar-refractivity contribution in [2.75, 3.05) is 60.2 Å². The number of methoxy groups -OCH3 is 2. The molecule has 2 heterocycles. The number of nitrogens with zero attached hydrogens (tertiary/aromatic N) is 2. The molecular weight excluding hydrogens is 508 g/mol. The summed E-state index contributed by atoms with van der Waals surface area (Å²) in [4.78, 5) is 18.5. The molecule has 2 aliphatic rings. The Hall–Kier alpha value is -2.70. The predicted octanol–water partition coefficient (Wildman–Crippen LogP) is 2.29. The van der Waals surface area contributed by atoms with Gasteiger partial charge in [0, 0.05) is 25.7 Å². The fourth-order valence-electron chi connectivity index (χ4n) is 5.00. The van der Waals surface area contributed by atoms with Gasteiger partial charge in [-0.05, 0) is 50.0 Å². The molecule has 4 rings (SSSR count). The van der Waals surface area contributed by atoms with Crippen LogP contribution in [0.4, 0.5) is 0 Å². The molecule has 208 valence electrons. The van der Waals surface area contributed by atoms with Crippen molar-refractivity contribution < 1.29 is 27.4 Å². The van der Waals surface area contributed by atoms with Gasteiger partial charge in [0.1, 0.15) is 0 Å². The van der Waals surface area contributed by atoms with Gasteiger partial charge >= 0.3 is 0 Å². The Morgan fingerprint density at radius 3 is 2.26 bits per heavy atom. The molecule has 0 bridgehead atoms. The molecule has 0 spiro atoms. The summed E-state index contributed by atoms with van der Waals surface area (Å²) in [5.41, 5.74) is 1.48. The first-order valence-corrected chi connectivity index (χ1v) is 14.5. The maximum absolute atomic E-state index is 13.5. The van der Waals surface area contributed by atoms with E-state index in [1.54, 1.807) is 18.0 Å². The molecule has 2 aliphatic heterocycles. The highest BCUT2D eigenvalue weighted by molar-refractivity contribution is 7.89. The lowest BCUT2D eigenvalue weighted by molar-refractivity contribution is -0.122. The van der Waals surface area contributed by atoms with Gasteiger partial charge in [-0.25, -0.2) is 13.4 Å². The van der Waals surface area contributed by atoms with Crippen LogP contribution in [-0.4, -0.2) is 84.4 Å². The van der Waals surface area contributed by atoms with Gasteiger partial charge in [0.15, 0.2) is 11.5 Å². The second-order valence-corrected chi connectivity index (χ2v) is 11.2. The first-order valence-electron chi connectivity index (χ1n) is 13.0. The van der Waals surface area contributed by atoms with Crippen molar-refractivity contribution in [3.63, 3.8) is 0 Å². The minimum absolute atomic E-state index is 0.0246. The monoisotopic (exact) mass is 546 g/mol. The smallest absolute Gasteiger partial charge is 0.253 e. The van der Waals surface area contributed by atoms with Crippen molar-refractivity contribution >= 4 is 15.9 Å². The third kappa shape index (κ3) is 6.65. The Morgan fingerprint density at radius 1 is 1.00 bits per heavy atom. The molecule has 38 heavy (non-hydrogen) atoms. The van der Waals surface area contributed by atoms with Gasteiger partial charge in [-0.1, -0.05) is 30.3 Å². The van der Waals surface area contributed by atoms with E-state index in [1.165, 1.54) is 20.3 Å². The summed E-state index contributed by atoms with van der Waals surface area (Å²) in [5.74, 6) is -0.405. The van der Waals surface area contributed by atoms with Gasteiger partial charge in [0.25, 0.3) is 10.0 Å². The van der Waals surface area contributed by atoms with E-state index >= 15 is 0 Å². The first kappa shape index (κ1) is 28.3. The number of rotatable bonds is 11.